The summed E-state index contributed by atoms with van der Waals surface area (Å²) in [7, 11) is 0. The number of aromatic carboxylic acids is 1. The lowest BCUT2D eigenvalue weighted by molar-refractivity contribution is -0.383. The number of carboxylic acid groups (broad SMARTS) is 1. The molecule has 1 aliphatic rings. The quantitative estimate of drug-likeness (QED) is 0.211. The van der Waals surface area contributed by atoms with E-state index in [-0.39, 0.29) is 39.1 Å². The van der Waals surface area contributed by atoms with Crippen LogP contribution < -0.4 is 10.2 Å². The Morgan fingerprint density at radius 1 is 0.943 bits per heavy atom. The van der Waals surface area contributed by atoms with Gasteiger partial charge < -0.3 is 10.4 Å². The normalized spacial score (nSPS) is 12.7. The van der Waals surface area contributed by atoms with Crippen LogP contribution >= 0.6 is 11.6 Å². The molecule has 4 aromatic rings. The van der Waals surface area contributed by atoms with E-state index in [0.29, 0.717) is 16.1 Å². The number of imide groups is 1. The maximum atomic E-state index is 13.5. The summed E-state index contributed by atoms with van der Waals surface area (Å²) in [5.41, 5.74) is 0.446. The molecule has 0 aromatic heterocycles. The first kappa shape index (κ1) is 22.1. The Balaban J connectivity index is 1.72. The molecule has 2 amide bonds. The van der Waals surface area contributed by atoms with Gasteiger partial charge in [-0.15, -0.1) is 0 Å². The number of nitrogens with one attached hydrogen (secondary N) is 1. The Kier molecular flexibility index (Phi) is 5.18. The minimum absolute atomic E-state index is 0.0147. The van der Waals surface area contributed by atoms with Crippen molar-refractivity contribution >= 4 is 62.9 Å². The third-order valence-corrected chi connectivity index (χ3v) is 6.04. The van der Waals surface area contributed by atoms with Gasteiger partial charge >= 0.3 is 5.97 Å². The number of carbonyl (C=O) groups is 3. The van der Waals surface area contributed by atoms with Crippen molar-refractivity contribution < 1.29 is 24.4 Å². The molecule has 1 heterocycles. The largest absolute Gasteiger partial charge is 0.478 e. The predicted octanol–water partition coefficient (Wildman–Crippen LogP) is 5.64. The Morgan fingerprint density at radius 2 is 1.63 bits per heavy atom. The summed E-state index contributed by atoms with van der Waals surface area (Å²) in [4.78, 5) is 50.3. The smallest absolute Gasteiger partial charge is 0.335 e. The van der Waals surface area contributed by atoms with E-state index in [4.69, 9.17) is 16.7 Å². The zero-order chi connectivity index (χ0) is 24.9. The number of hydrogen-bond acceptors (Lipinski definition) is 6. The molecule has 35 heavy (non-hydrogen) atoms. The molecule has 4 aromatic carbocycles. The van der Waals surface area contributed by atoms with Crippen LogP contribution in [0.25, 0.3) is 10.8 Å². The first-order valence-electron chi connectivity index (χ1n) is 10.3. The van der Waals surface area contributed by atoms with Crippen LogP contribution in [0.5, 0.6) is 0 Å². The average Bonchev–Trinajstić information content (AvgIpc) is 2.84. The highest BCUT2D eigenvalue weighted by atomic mass is 35.5. The molecule has 0 spiro atoms. The molecule has 0 saturated heterocycles. The number of hydrogen-bond donors (Lipinski definition) is 2. The minimum atomic E-state index is -1.16. The third-order valence-electron chi connectivity index (χ3n) is 5.71. The van der Waals surface area contributed by atoms with Crippen molar-refractivity contribution in [3.8, 4) is 0 Å². The molecule has 0 unspecified atom stereocenters. The molecule has 0 aliphatic carbocycles. The maximum absolute atomic E-state index is 13.5. The van der Waals surface area contributed by atoms with Gasteiger partial charge in [-0.1, -0.05) is 35.9 Å². The average molecular weight is 488 g/mol. The van der Waals surface area contributed by atoms with E-state index < -0.39 is 22.7 Å². The number of halogens is 1. The van der Waals surface area contributed by atoms with Crippen molar-refractivity contribution in [3.63, 3.8) is 0 Å². The lowest BCUT2D eigenvalue weighted by atomic mass is 9.91. The monoisotopic (exact) mass is 487 g/mol. The van der Waals surface area contributed by atoms with Crippen LogP contribution in [0.3, 0.4) is 0 Å². The second kappa shape index (κ2) is 8.23. The van der Waals surface area contributed by atoms with Crippen molar-refractivity contribution in [1.82, 2.24) is 0 Å². The number of carbonyl (C=O) groups excluding carboxylic acids is 2. The fourth-order valence-electron chi connectivity index (χ4n) is 4.11. The van der Waals surface area contributed by atoms with Crippen molar-refractivity contribution in [2.75, 3.05) is 10.2 Å². The second-order valence-electron chi connectivity index (χ2n) is 7.71. The molecule has 0 saturated carbocycles. The summed E-state index contributed by atoms with van der Waals surface area (Å²) >= 11 is 6.24. The van der Waals surface area contributed by atoms with Crippen molar-refractivity contribution in [2.45, 2.75) is 0 Å². The molecule has 5 rings (SSSR count). The topological polar surface area (TPSA) is 130 Å². The Labute approximate surface area is 202 Å². The van der Waals surface area contributed by atoms with Gasteiger partial charge in [-0.05, 0) is 42.5 Å². The molecule has 0 fully saturated rings. The van der Waals surface area contributed by atoms with Crippen molar-refractivity contribution in [2.24, 2.45) is 0 Å². The van der Waals surface area contributed by atoms with Gasteiger partial charge in [0.15, 0.2) is 0 Å². The van der Waals surface area contributed by atoms with Crippen molar-refractivity contribution in [1.29, 1.82) is 0 Å². The van der Waals surface area contributed by atoms with Gasteiger partial charge in [-0.25, -0.2) is 9.69 Å². The lowest BCUT2D eigenvalue weighted by Crippen LogP contribution is -2.40. The number of nitrogens with zero attached hydrogens (tertiary/aromatic N) is 2. The van der Waals surface area contributed by atoms with Gasteiger partial charge in [-0.3, -0.25) is 19.7 Å². The number of nitro benzene ring substituents is 1. The first-order chi connectivity index (χ1) is 16.8. The van der Waals surface area contributed by atoms with Gasteiger partial charge in [0.05, 0.1) is 32.4 Å². The Hall–Kier alpha value is -4.76. The van der Waals surface area contributed by atoms with Crippen LogP contribution in [-0.4, -0.2) is 27.8 Å². The molecule has 1 aliphatic heterocycles. The standard InChI is InChI=1S/C25H14ClN3O6/c26-18-6-1-2-7-19(18)27-22-15-4-3-5-16-21(15)17(12-20(22)29(34)35)24(31)28(23(16)30)14-10-8-13(9-11-14)25(32)33/h1-12,27H,(H,32,33). The van der Waals surface area contributed by atoms with Crippen LogP contribution in [0.15, 0.2) is 72.8 Å². The molecular weight excluding hydrogens is 474 g/mol. The van der Waals surface area contributed by atoms with Crippen LogP contribution in [0, 0.1) is 10.1 Å². The van der Waals surface area contributed by atoms with E-state index in [9.17, 15) is 24.5 Å². The minimum Gasteiger partial charge on any atom is -0.478 e. The van der Waals surface area contributed by atoms with Gasteiger partial charge in [0.25, 0.3) is 17.5 Å². The molecule has 10 heteroatoms. The molecular formula is C25H14ClN3O6. The predicted molar refractivity (Wildman–Crippen MR) is 130 cm³/mol. The zero-order valence-electron chi connectivity index (χ0n) is 17.7. The molecule has 9 nitrogen and oxygen atoms in total. The van der Waals surface area contributed by atoms with Gasteiger partial charge in [0, 0.05) is 22.4 Å². The van der Waals surface area contributed by atoms with Gasteiger partial charge in [-0.2, -0.15) is 0 Å². The number of rotatable bonds is 5. The van der Waals surface area contributed by atoms with Crippen molar-refractivity contribution in [3.05, 3.63) is 105 Å². The van der Waals surface area contributed by atoms with Crippen LogP contribution in [0.2, 0.25) is 5.02 Å². The van der Waals surface area contributed by atoms with Gasteiger partial charge in [0.1, 0.15) is 5.69 Å². The summed E-state index contributed by atoms with van der Waals surface area (Å²) in [5.74, 6) is -2.54. The number of benzene rings is 4. The Bertz CT molecular complexity index is 1580. The summed E-state index contributed by atoms with van der Waals surface area (Å²) in [5, 5.41) is 25.1. The van der Waals surface area contributed by atoms with E-state index in [1.54, 1.807) is 36.4 Å². The highest BCUT2D eigenvalue weighted by Crippen LogP contribution is 2.43. The maximum Gasteiger partial charge on any atom is 0.335 e. The molecule has 172 valence electrons. The first-order valence-corrected chi connectivity index (χ1v) is 10.6. The fourth-order valence-corrected chi connectivity index (χ4v) is 4.29. The number of nitro groups is 1. The Morgan fingerprint density at radius 3 is 2.29 bits per heavy atom. The van der Waals surface area contributed by atoms with E-state index in [2.05, 4.69) is 5.32 Å². The van der Waals surface area contributed by atoms with E-state index in [1.165, 1.54) is 30.3 Å². The highest BCUT2D eigenvalue weighted by molar-refractivity contribution is 6.37. The summed E-state index contributed by atoms with van der Waals surface area (Å²) in [6.45, 7) is 0. The van der Waals surface area contributed by atoms with Crippen LogP contribution in [-0.2, 0) is 0 Å². The van der Waals surface area contributed by atoms with Crippen LogP contribution in [0.1, 0.15) is 31.1 Å². The number of anilines is 3. The van der Waals surface area contributed by atoms with E-state index >= 15 is 0 Å². The van der Waals surface area contributed by atoms with Gasteiger partial charge in [0.2, 0.25) is 0 Å². The number of amides is 2. The summed E-state index contributed by atoms with van der Waals surface area (Å²) in [6, 6.07) is 17.8. The SMILES string of the molecule is O=C(O)c1ccc(N2C(=O)c3cccc4c(Nc5ccccc5Cl)c([N+](=O)[O-])cc(c34)C2=O)cc1. The molecule has 0 radical (unpaired) electrons. The van der Waals surface area contributed by atoms with E-state index in [1.807, 2.05) is 0 Å². The zero-order valence-corrected chi connectivity index (χ0v) is 18.4. The van der Waals surface area contributed by atoms with E-state index in [0.717, 1.165) is 11.0 Å². The molecule has 2 N–H and O–H groups in total. The summed E-state index contributed by atoms with van der Waals surface area (Å²) < 4.78 is 0. The lowest BCUT2D eigenvalue weighted by Gasteiger charge is -2.28. The second-order valence-corrected chi connectivity index (χ2v) is 8.11. The number of para-hydroxylation sites is 1. The number of carboxylic acids is 1. The third kappa shape index (κ3) is 3.54. The fraction of sp³-hybridized carbons (Fsp3) is 0. The van der Waals surface area contributed by atoms with Crippen LogP contribution in [0.4, 0.5) is 22.7 Å². The highest BCUT2D eigenvalue weighted by Gasteiger charge is 2.37. The summed E-state index contributed by atoms with van der Waals surface area (Å²) in [6.07, 6.45) is 0. The molecule has 0 bridgehead atoms. The molecule has 0 atom stereocenters.